The number of fused-ring (bicyclic) bond motifs is 1. The molecule has 3 heteroatoms. The minimum Gasteiger partial charge on any atom is -0.466 e. The average molecular weight is 274 g/mol. The molecule has 108 valence electrons. The summed E-state index contributed by atoms with van der Waals surface area (Å²) in [6, 6.07) is 6.22. The number of benzene rings is 1. The first-order chi connectivity index (χ1) is 9.32. The normalized spacial score (nSPS) is 11.8. The average Bonchev–Trinajstić information content (AvgIpc) is 2.65. The fraction of sp³-hybridized carbons (Fsp3) is 0.471. The maximum Gasteiger partial charge on any atom is 0.313 e. The lowest BCUT2D eigenvalue weighted by Crippen LogP contribution is -2.10. The van der Waals surface area contributed by atoms with Gasteiger partial charge in [-0.2, -0.15) is 0 Å². The molecule has 1 aromatic carbocycles. The first-order valence-corrected chi connectivity index (χ1v) is 7.01. The van der Waals surface area contributed by atoms with Crippen molar-refractivity contribution in [1.29, 1.82) is 0 Å². The van der Waals surface area contributed by atoms with E-state index in [1.54, 1.807) is 6.92 Å². The summed E-state index contributed by atoms with van der Waals surface area (Å²) in [4.78, 5) is 11.6. The highest BCUT2D eigenvalue weighted by atomic mass is 16.5. The molecule has 0 atom stereocenters. The lowest BCUT2D eigenvalue weighted by Gasteiger charge is -2.18. The van der Waals surface area contributed by atoms with Crippen molar-refractivity contribution >= 4 is 16.9 Å². The minimum atomic E-state index is -0.245. The largest absolute Gasteiger partial charge is 0.466 e. The van der Waals surface area contributed by atoms with Gasteiger partial charge >= 0.3 is 5.97 Å². The molecule has 0 unspecified atom stereocenters. The lowest BCUT2D eigenvalue weighted by molar-refractivity contribution is -0.142. The highest BCUT2D eigenvalue weighted by Crippen LogP contribution is 2.31. The first-order valence-electron chi connectivity index (χ1n) is 7.01. The van der Waals surface area contributed by atoms with Gasteiger partial charge in [0.05, 0.1) is 6.61 Å². The zero-order valence-corrected chi connectivity index (χ0v) is 12.9. The Balaban J connectivity index is 2.40. The number of esters is 1. The number of hydrogen-bond acceptors (Lipinski definition) is 3. The summed E-state index contributed by atoms with van der Waals surface area (Å²) < 4.78 is 10.8. The molecule has 20 heavy (non-hydrogen) atoms. The van der Waals surface area contributed by atoms with Crippen molar-refractivity contribution in [3.8, 4) is 0 Å². The van der Waals surface area contributed by atoms with Gasteiger partial charge in [0.25, 0.3) is 0 Å². The Kier molecular flexibility index (Phi) is 3.89. The van der Waals surface area contributed by atoms with E-state index in [0.717, 1.165) is 16.5 Å². The molecule has 0 bridgehead atoms. The summed E-state index contributed by atoms with van der Waals surface area (Å²) in [5.41, 5.74) is 3.21. The predicted octanol–water partition coefficient (Wildman–Crippen LogP) is 4.14. The molecule has 0 fully saturated rings. The second-order valence-corrected chi connectivity index (χ2v) is 6.09. The van der Waals surface area contributed by atoms with Gasteiger partial charge in [0.2, 0.25) is 0 Å². The molecule has 1 aromatic heterocycles. The van der Waals surface area contributed by atoms with E-state index in [2.05, 4.69) is 32.9 Å². The van der Waals surface area contributed by atoms with Gasteiger partial charge in [0.1, 0.15) is 17.8 Å². The Labute approximate surface area is 119 Å². The summed E-state index contributed by atoms with van der Waals surface area (Å²) in [6.07, 6.45) is 0.194. The molecule has 0 aliphatic heterocycles. The number of furan rings is 1. The number of carbonyl (C=O) groups excluding carboxylic acids is 1. The Hall–Kier alpha value is -1.77. The summed E-state index contributed by atoms with van der Waals surface area (Å²) in [5, 5.41) is 1.08. The predicted molar refractivity (Wildman–Crippen MR) is 80.0 cm³/mol. The van der Waals surface area contributed by atoms with Crippen LogP contribution in [0.4, 0.5) is 0 Å². The van der Waals surface area contributed by atoms with E-state index >= 15 is 0 Å². The highest BCUT2D eigenvalue weighted by Gasteiger charge is 2.18. The van der Waals surface area contributed by atoms with E-state index < -0.39 is 0 Å². The third-order valence-corrected chi connectivity index (χ3v) is 3.51. The minimum absolute atomic E-state index is 0.0964. The molecule has 1 heterocycles. The van der Waals surface area contributed by atoms with Crippen LogP contribution in [0.3, 0.4) is 0 Å². The van der Waals surface area contributed by atoms with E-state index in [4.69, 9.17) is 9.15 Å². The molecule has 0 saturated carbocycles. The molecule has 0 saturated heterocycles. The third kappa shape index (κ3) is 2.87. The van der Waals surface area contributed by atoms with Crippen LogP contribution in [0.2, 0.25) is 0 Å². The molecular weight excluding hydrogens is 252 g/mol. The van der Waals surface area contributed by atoms with Gasteiger partial charge in [0, 0.05) is 5.39 Å². The van der Waals surface area contributed by atoms with Crippen LogP contribution in [0, 0.1) is 6.92 Å². The van der Waals surface area contributed by atoms with Crippen molar-refractivity contribution in [1.82, 2.24) is 0 Å². The van der Waals surface area contributed by atoms with Gasteiger partial charge in [-0.25, -0.2) is 0 Å². The first kappa shape index (κ1) is 14.6. The molecule has 2 rings (SSSR count). The van der Waals surface area contributed by atoms with Crippen molar-refractivity contribution < 1.29 is 13.9 Å². The molecular formula is C17H22O3. The zero-order valence-electron chi connectivity index (χ0n) is 12.9. The monoisotopic (exact) mass is 274 g/mol. The molecule has 0 aliphatic rings. The Bertz CT molecular complexity index is 629. The maximum atomic E-state index is 11.6. The molecule has 0 N–H and O–H groups in total. The van der Waals surface area contributed by atoms with Crippen LogP contribution < -0.4 is 0 Å². The standard InChI is InChI=1S/C17H22O3/c1-6-19-16(18)10-15-11(2)13-9-12(17(3,4)5)7-8-14(13)20-15/h7-9H,6,10H2,1-5H3. The van der Waals surface area contributed by atoms with E-state index in [0.29, 0.717) is 12.4 Å². The Morgan fingerprint density at radius 3 is 2.60 bits per heavy atom. The van der Waals surface area contributed by atoms with Crippen molar-refractivity contribution in [2.45, 2.75) is 46.5 Å². The van der Waals surface area contributed by atoms with E-state index in [9.17, 15) is 4.79 Å². The molecule has 2 aromatic rings. The van der Waals surface area contributed by atoms with Gasteiger partial charge in [-0.3, -0.25) is 4.79 Å². The summed E-state index contributed by atoms with van der Waals surface area (Å²) in [6.45, 7) is 10.7. The molecule has 3 nitrogen and oxygen atoms in total. The fourth-order valence-electron chi connectivity index (χ4n) is 2.25. The second kappa shape index (κ2) is 5.31. The van der Waals surface area contributed by atoms with Crippen LogP contribution in [0.25, 0.3) is 11.0 Å². The van der Waals surface area contributed by atoms with Crippen LogP contribution in [0.15, 0.2) is 22.6 Å². The van der Waals surface area contributed by atoms with E-state index in [-0.39, 0.29) is 17.8 Å². The van der Waals surface area contributed by atoms with E-state index in [1.165, 1.54) is 5.56 Å². The quantitative estimate of drug-likeness (QED) is 0.789. The summed E-state index contributed by atoms with van der Waals surface area (Å²) in [5.74, 6) is 0.454. The summed E-state index contributed by atoms with van der Waals surface area (Å²) in [7, 11) is 0. The van der Waals surface area contributed by atoms with Crippen LogP contribution >= 0.6 is 0 Å². The Morgan fingerprint density at radius 2 is 2.00 bits per heavy atom. The van der Waals surface area contributed by atoms with Gasteiger partial charge in [0.15, 0.2) is 0 Å². The highest BCUT2D eigenvalue weighted by molar-refractivity contribution is 5.84. The molecule has 0 aliphatic carbocycles. The molecule has 0 radical (unpaired) electrons. The number of hydrogen-bond donors (Lipinski definition) is 0. The topological polar surface area (TPSA) is 39.4 Å². The van der Waals surface area contributed by atoms with Crippen LogP contribution in [-0.4, -0.2) is 12.6 Å². The number of ether oxygens (including phenoxy) is 1. The van der Waals surface area contributed by atoms with Crippen molar-refractivity contribution in [3.05, 3.63) is 35.1 Å². The SMILES string of the molecule is CCOC(=O)Cc1oc2ccc(C(C)(C)C)cc2c1C. The third-order valence-electron chi connectivity index (χ3n) is 3.51. The van der Waals surface area contributed by atoms with Crippen LogP contribution in [-0.2, 0) is 21.4 Å². The smallest absolute Gasteiger partial charge is 0.313 e. The molecule has 0 spiro atoms. The molecule has 0 amide bonds. The van der Waals surface area contributed by atoms with Crippen LogP contribution in [0.1, 0.15) is 44.6 Å². The van der Waals surface area contributed by atoms with Gasteiger partial charge in [-0.1, -0.05) is 26.8 Å². The number of aryl methyl sites for hydroxylation is 1. The number of carbonyl (C=O) groups is 1. The second-order valence-electron chi connectivity index (χ2n) is 6.09. The van der Waals surface area contributed by atoms with Crippen molar-refractivity contribution in [3.63, 3.8) is 0 Å². The van der Waals surface area contributed by atoms with Crippen LogP contribution in [0.5, 0.6) is 0 Å². The number of rotatable bonds is 3. The van der Waals surface area contributed by atoms with E-state index in [1.807, 2.05) is 13.0 Å². The van der Waals surface area contributed by atoms with Gasteiger partial charge in [-0.15, -0.1) is 0 Å². The van der Waals surface area contributed by atoms with Crippen molar-refractivity contribution in [2.24, 2.45) is 0 Å². The van der Waals surface area contributed by atoms with Crippen molar-refractivity contribution in [2.75, 3.05) is 6.61 Å². The Morgan fingerprint density at radius 1 is 1.30 bits per heavy atom. The zero-order chi connectivity index (χ0) is 14.9. The van der Waals surface area contributed by atoms with Gasteiger partial charge < -0.3 is 9.15 Å². The maximum absolute atomic E-state index is 11.6. The fourth-order valence-corrected chi connectivity index (χ4v) is 2.25. The lowest BCUT2D eigenvalue weighted by atomic mass is 9.86. The van der Waals surface area contributed by atoms with Gasteiger partial charge in [-0.05, 0) is 42.5 Å². The summed E-state index contributed by atoms with van der Waals surface area (Å²) >= 11 is 0.